The Labute approximate surface area is 80.2 Å². The molecular formula is C9H20N4. The maximum atomic E-state index is 5.42. The average molecular weight is 184 g/mol. The molecule has 76 valence electrons. The first-order chi connectivity index (χ1) is 6.24. The van der Waals surface area contributed by atoms with E-state index in [1.165, 1.54) is 12.8 Å². The summed E-state index contributed by atoms with van der Waals surface area (Å²) in [5.41, 5.74) is 2.68. The van der Waals surface area contributed by atoms with Gasteiger partial charge in [-0.3, -0.25) is 10.4 Å². The third-order valence-corrected chi connectivity index (χ3v) is 2.14. The van der Waals surface area contributed by atoms with E-state index in [1.807, 2.05) is 0 Å². The van der Waals surface area contributed by atoms with Crippen LogP contribution in [0.25, 0.3) is 0 Å². The zero-order valence-electron chi connectivity index (χ0n) is 8.58. The van der Waals surface area contributed by atoms with Crippen LogP contribution < -0.4 is 11.3 Å². The van der Waals surface area contributed by atoms with Crippen molar-refractivity contribution in [1.29, 1.82) is 0 Å². The number of guanidine groups is 1. The smallest absolute Gasteiger partial charge is 0.208 e. The summed E-state index contributed by atoms with van der Waals surface area (Å²) in [5, 5.41) is 0. The molecule has 13 heavy (non-hydrogen) atoms. The number of rotatable bonds is 2. The van der Waals surface area contributed by atoms with Crippen molar-refractivity contribution in [3.63, 3.8) is 0 Å². The zero-order valence-corrected chi connectivity index (χ0v) is 8.58. The van der Waals surface area contributed by atoms with Crippen LogP contribution in [-0.2, 0) is 0 Å². The highest BCUT2D eigenvalue weighted by molar-refractivity contribution is 5.79. The lowest BCUT2D eigenvalue weighted by Crippen LogP contribution is -2.43. The molecule has 0 radical (unpaired) electrons. The van der Waals surface area contributed by atoms with Gasteiger partial charge in [-0.1, -0.05) is 13.8 Å². The van der Waals surface area contributed by atoms with Crippen molar-refractivity contribution in [1.82, 2.24) is 10.3 Å². The van der Waals surface area contributed by atoms with Gasteiger partial charge in [0.2, 0.25) is 5.96 Å². The first-order valence-corrected chi connectivity index (χ1v) is 5.00. The van der Waals surface area contributed by atoms with E-state index >= 15 is 0 Å². The lowest BCUT2D eigenvalue weighted by Gasteiger charge is -2.19. The second kappa shape index (κ2) is 5.07. The Morgan fingerprint density at radius 3 is 2.54 bits per heavy atom. The minimum absolute atomic E-state index is 0.589. The monoisotopic (exact) mass is 184 g/mol. The number of likely N-dealkylation sites (tertiary alicyclic amines) is 1. The van der Waals surface area contributed by atoms with Crippen LogP contribution in [-0.4, -0.2) is 30.5 Å². The molecular weight excluding hydrogens is 164 g/mol. The van der Waals surface area contributed by atoms with Crippen molar-refractivity contribution >= 4 is 5.96 Å². The highest BCUT2D eigenvalue weighted by Crippen LogP contribution is 2.07. The van der Waals surface area contributed by atoms with Crippen molar-refractivity contribution < 1.29 is 0 Å². The second-order valence-electron chi connectivity index (χ2n) is 3.90. The van der Waals surface area contributed by atoms with Crippen LogP contribution in [0.15, 0.2) is 4.99 Å². The van der Waals surface area contributed by atoms with Crippen LogP contribution in [0.1, 0.15) is 26.7 Å². The highest BCUT2D eigenvalue weighted by Gasteiger charge is 2.14. The number of hydrazine groups is 1. The van der Waals surface area contributed by atoms with E-state index < -0.39 is 0 Å². The van der Waals surface area contributed by atoms with Crippen LogP contribution in [0.2, 0.25) is 0 Å². The molecule has 0 amide bonds. The van der Waals surface area contributed by atoms with Gasteiger partial charge in [0.05, 0.1) is 0 Å². The summed E-state index contributed by atoms with van der Waals surface area (Å²) in [6.45, 7) is 7.32. The SMILES string of the molecule is CC(C)CN=C(NN)N1CCCC1. The average Bonchev–Trinajstić information content (AvgIpc) is 2.58. The summed E-state index contributed by atoms with van der Waals surface area (Å²) in [4.78, 5) is 6.64. The Morgan fingerprint density at radius 2 is 2.08 bits per heavy atom. The lowest BCUT2D eigenvalue weighted by molar-refractivity contribution is 0.490. The van der Waals surface area contributed by atoms with Gasteiger partial charge in [0.25, 0.3) is 0 Å². The zero-order chi connectivity index (χ0) is 9.68. The fourth-order valence-corrected chi connectivity index (χ4v) is 1.43. The van der Waals surface area contributed by atoms with Crippen LogP contribution in [0.4, 0.5) is 0 Å². The maximum absolute atomic E-state index is 5.42. The second-order valence-corrected chi connectivity index (χ2v) is 3.90. The Morgan fingerprint density at radius 1 is 1.46 bits per heavy atom. The first kappa shape index (κ1) is 10.3. The molecule has 4 heteroatoms. The topological polar surface area (TPSA) is 53.6 Å². The standard InChI is InChI=1S/C9H20N4/c1-8(2)7-11-9(12-10)13-5-3-4-6-13/h8H,3-7,10H2,1-2H3,(H,11,12). The number of hydrogen-bond donors (Lipinski definition) is 2. The van der Waals surface area contributed by atoms with Crippen molar-refractivity contribution in [2.24, 2.45) is 16.8 Å². The summed E-state index contributed by atoms with van der Waals surface area (Å²) < 4.78 is 0. The Hall–Kier alpha value is -0.770. The molecule has 1 rings (SSSR count). The molecule has 0 aromatic heterocycles. The van der Waals surface area contributed by atoms with E-state index in [0.29, 0.717) is 5.92 Å². The molecule has 1 saturated heterocycles. The van der Waals surface area contributed by atoms with E-state index in [1.54, 1.807) is 0 Å². The van der Waals surface area contributed by atoms with Gasteiger partial charge in [0.15, 0.2) is 0 Å². The lowest BCUT2D eigenvalue weighted by atomic mass is 10.2. The molecule has 0 atom stereocenters. The highest BCUT2D eigenvalue weighted by atomic mass is 15.4. The molecule has 0 saturated carbocycles. The molecule has 0 aromatic rings. The fraction of sp³-hybridized carbons (Fsp3) is 0.889. The molecule has 1 aliphatic rings. The molecule has 4 nitrogen and oxygen atoms in total. The van der Waals surface area contributed by atoms with Crippen molar-refractivity contribution in [3.05, 3.63) is 0 Å². The molecule has 0 unspecified atom stereocenters. The van der Waals surface area contributed by atoms with Gasteiger partial charge in [0.1, 0.15) is 0 Å². The largest absolute Gasteiger partial charge is 0.342 e. The van der Waals surface area contributed by atoms with Gasteiger partial charge < -0.3 is 4.90 Å². The minimum Gasteiger partial charge on any atom is -0.342 e. The van der Waals surface area contributed by atoms with Crippen LogP contribution >= 0.6 is 0 Å². The Balaban J connectivity index is 2.44. The molecule has 1 aliphatic heterocycles. The molecule has 1 fully saturated rings. The van der Waals surface area contributed by atoms with Gasteiger partial charge in [0, 0.05) is 19.6 Å². The summed E-state index contributed by atoms with van der Waals surface area (Å²) in [6.07, 6.45) is 2.50. The number of aliphatic imine (C=N–C) groups is 1. The van der Waals surface area contributed by atoms with Gasteiger partial charge in [-0.15, -0.1) is 0 Å². The molecule has 3 N–H and O–H groups in total. The van der Waals surface area contributed by atoms with Gasteiger partial charge >= 0.3 is 0 Å². The van der Waals surface area contributed by atoms with E-state index in [2.05, 4.69) is 29.2 Å². The molecule has 1 heterocycles. The van der Waals surface area contributed by atoms with Crippen LogP contribution in [0.3, 0.4) is 0 Å². The minimum atomic E-state index is 0.589. The first-order valence-electron chi connectivity index (χ1n) is 5.00. The van der Waals surface area contributed by atoms with Gasteiger partial charge in [-0.2, -0.15) is 0 Å². The molecule has 0 spiro atoms. The Kier molecular flexibility index (Phi) is 4.02. The number of hydrogen-bond acceptors (Lipinski definition) is 2. The third kappa shape index (κ3) is 3.22. The van der Waals surface area contributed by atoms with E-state index in [-0.39, 0.29) is 0 Å². The predicted octanol–water partition coefficient (Wildman–Crippen LogP) is 0.558. The fourth-order valence-electron chi connectivity index (χ4n) is 1.43. The quantitative estimate of drug-likeness (QED) is 0.285. The number of nitrogens with zero attached hydrogens (tertiary/aromatic N) is 2. The summed E-state index contributed by atoms with van der Waals surface area (Å²) in [6, 6.07) is 0. The maximum Gasteiger partial charge on any atom is 0.208 e. The van der Waals surface area contributed by atoms with Crippen molar-refractivity contribution in [2.45, 2.75) is 26.7 Å². The summed E-state index contributed by atoms with van der Waals surface area (Å²) in [7, 11) is 0. The van der Waals surface area contributed by atoms with Crippen molar-refractivity contribution in [3.8, 4) is 0 Å². The summed E-state index contributed by atoms with van der Waals surface area (Å²) >= 11 is 0. The van der Waals surface area contributed by atoms with Gasteiger partial charge in [-0.25, -0.2) is 5.84 Å². The van der Waals surface area contributed by atoms with Gasteiger partial charge in [-0.05, 0) is 18.8 Å². The Bertz CT molecular complexity index is 170. The molecule has 0 aromatic carbocycles. The van der Waals surface area contributed by atoms with Crippen LogP contribution in [0.5, 0.6) is 0 Å². The number of nitrogens with two attached hydrogens (primary N) is 1. The third-order valence-electron chi connectivity index (χ3n) is 2.14. The molecule has 0 aliphatic carbocycles. The van der Waals surface area contributed by atoms with Crippen molar-refractivity contribution in [2.75, 3.05) is 19.6 Å². The normalized spacial score (nSPS) is 18.5. The number of nitrogens with one attached hydrogen (secondary N) is 1. The van der Waals surface area contributed by atoms with E-state index in [0.717, 1.165) is 25.6 Å². The predicted molar refractivity (Wildman–Crippen MR) is 55.3 cm³/mol. The molecule has 0 bridgehead atoms. The summed E-state index contributed by atoms with van der Waals surface area (Å²) in [5.74, 6) is 6.86. The van der Waals surface area contributed by atoms with Crippen LogP contribution in [0, 0.1) is 5.92 Å². The van der Waals surface area contributed by atoms with E-state index in [9.17, 15) is 0 Å². The van der Waals surface area contributed by atoms with E-state index in [4.69, 9.17) is 5.84 Å².